The summed E-state index contributed by atoms with van der Waals surface area (Å²) in [7, 11) is 0. The third-order valence-electron chi connectivity index (χ3n) is 3.97. The molecule has 2 heterocycles. The Bertz CT molecular complexity index is 795. The number of rotatable bonds is 2. The summed E-state index contributed by atoms with van der Waals surface area (Å²) in [5, 5.41) is 0. The molecule has 3 heteroatoms. The third kappa shape index (κ3) is 2.53. The molecule has 0 bridgehead atoms. The van der Waals surface area contributed by atoms with Gasteiger partial charge in [-0.25, -0.2) is 4.98 Å². The molecule has 114 valence electrons. The fraction of sp³-hybridized carbons (Fsp3) is 0.316. The Hall–Kier alpha value is -2.13. The number of aromatic nitrogens is 2. The minimum absolute atomic E-state index is 0.0539. The second kappa shape index (κ2) is 5.25. The van der Waals surface area contributed by atoms with Gasteiger partial charge in [0.1, 0.15) is 5.65 Å². The van der Waals surface area contributed by atoms with Crippen molar-refractivity contribution < 1.29 is 0 Å². The Balaban J connectivity index is 2.28. The Morgan fingerprint density at radius 2 is 1.73 bits per heavy atom. The molecule has 3 aromatic rings. The molecule has 3 rings (SSSR count). The highest BCUT2D eigenvalue weighted by Crippen LogP contribution is 2.32. The van der Waals surface area contributed by atoms with Gasteiger partial charge in [0.05, 0.1) is 17.4 Å². The summed E-state index contributed by atoms with van der Waals surface area (Å²) >= 11 is 0. The van der Waals surface area contributed by atoms with Crippen molar-refractivity contribution in [2.75, 3.05) is 0 Å². The second-order valence-electron chi connectivity index (χ2n) is 6.92. The smallest absolute Gasteiger partial charge is 0.137 e. The van der Waals surface area contributed by atoms with Gasteiger partial charge >= 0.3 is 0 Å². The minimum Gasteiger partial charge on any atom is -0.319 e. The average molecular weight is 293 g/mol. The molecule has 0 saturated carbocycles. The van der Waals surface area contributed by atoms with E-state index in [0.717, 1.165) is 22.6 Å². The summed E-state index contributed by atoms with van der Waals surface area (Å²) < 4.78 is 2.15. The largest absolute Gasteiger partial charge is 0.319 e. The molecule has 0 fully saturated rings. The minimum atomic E-state index is -0.188. The maximum absolute atomic E-state index is 6.61. The first kappa shape index (κ1) is 14.8. The van der Waals surface area contributed by atoms with E-state index in [1.54, 1.807) is 0 Å². The van der Waals surface area contributed by atoms with Crippen LogP contribution in [-0.2, 0) is 5.41 Å². The lowest BCUT2D eigenvalue weighted by molar-refractivity contribution is 0.558. The van der Waals surface area contributed by atoms with Gasteiger partial charge in [-0.2, -0.15) is 0 Å². The molecule has 0 spiro atoms. The van der Waals surface area contributed by atoms with Gasteiger partial charge in [0.15, 0.2) is 0 Å². The van der Waals surface area contributed by atoms with E-state index < -0.39 is 0 Å². The number of pyridine rings is 1. The number of fused-ring (bicyclic) bond motifs is 1. The molecule has 0 aliphatic heterocycles. The van der Waals surface area contributed by atoms with Crippen LogP contribution in [0, 0.1) is 6.92 Å². The maximum Gasteiger partial charge on any atom is 0.137 e. The van der Waals surface area contributed by atoms with Crippen molar-refractivity contribution in [1.29, 1.82) is 0 Å². The molecular formula is C19H23N3. The van der Waals surface area contributed by atoms with E-state index in [1.807, 2.05) is 18.2 Å². The number of aryl methyl sites for hydroxylation is 1. The third-order valence-corrected chi connectivity index (χ3v) is 3.97. The first-order valence-electron chi connectivity index (χ1n) is 7.67. The molecule has 1 unspecified atom stereocenters. The van der Waals surface area contributed by atoms with Crippen molar-refractivity contribution in [3.8, 4) is 0 Å². The molecule has 0 radical (unpaired) electrons. The molecule has 22 heavy (non-hydrogen) atoms. The van der Waals surface area contributed by atoms with E-state index in [9.17, 15) is 0 Å². The van der Waals surface area contributed by atoms with Gasteiger partial charge in [-0.1, -0.05) is 57.2 Å². The number of hydrogen-bond donors (Lipinski definition) is 1. The van der Waals surface area contributed by atoms with Crippen molar-refractivity contribution in [1.82, 2.24) is 9.38 Å². The Labute approximate surface area is 131 Å². The van der Waals surface area contributed by atoms with Crippen LogP contribution in [0.1, 0.15) is 49.3 Å². The number of imidazole rings is 1. The van der Waals surface area contributed by atoms with Gasteiger partial charge in [-0.3, -0.25) is 0 Å². The summed E-state index contributed by atoms with van der Waals surface area (Å²) in [6.45, 7) is 8.64. The highest BCUT2D eigenvalue weighted by atomic mass is 15.0. The van der Waals surface area contributed by atoms with E-state index in [0.29, 0.717) is 0 Å². The zero-order chi connectivity index (χ0) is 15.9. The first-order valence-corrected chi connectivity index (χ1v) is 7.67. The van der Waals surface area contributed by atoms with Crippen molar-refractivity contribution in [2.24, 2.45) is 5.73 Å². The van der Waals surface area contributed by atoms with Crippen LogP contribution in [0.2, 0.25) is 0 Å². The number of hydrogen-bond acceptors (Lipinski definition) is 2. The zero-order valence-corrected chi connectivity index (χ0v) is 13.7. The van der Waals surface area contributed by atoms with Crippen molar-refractivity contribution >= 4 is 5.65 Å². The fourth-order valence-electron chi connectivity index (χ4n) is 2.84. The monoisotopic (exact) mass is 293 g/mol. The van der Waals surface area contributed by atoms with E-state index in [1.165, 1.54) is 5.56 Å². The number of nitrogens with zero attached hydrogens (tertiary/aromatic N) is 2. The van der Waals surface area contributed by atoms with E-state index in [2.05, 4.69) is 62.6 Å². The van der Waals surface area contributed by atoms with Crippen LogP contribution in [-0.4, -0.2) is 9.38 Å². The van der Waals surface area contributed by atoms with E-state index >= 15 is 0 Å². The lowest BCUT2D eigenvalue weighted by Gasteiger charge is -2.21. The number of nitrogens with two attached hydrogens (primary N) is 1. The van der Waals surface area contributed by atoms with E-state index in [4.69, 9.17) is 10.7 Å². The van der Waals surface area contributed by atoms with Crippen LogP contribution in [0.15, 0.2) is 48.7 Å². The predicted molar refractivity (Wildman–Crippen MR) is 91.1 cm³/mol. The molecule has 2 N–H and O–H groups in total. The summed E-state index contributed by atoms with van der Waals surface area (Å²) in [6.07, 6.45) is 2.12. The highest BCUT2D eigenvalue weighted by Gasteiger charge is 2.27. The van der Waals surface area contributed by atoms with Crippen LogP contribution in [0.5, 0.6) is 0 Å². The summed E-state index contributed by atoms with van der Waals surface area (Å²) in [5.41, 5.74) is 12.0. The van der Waals surface area contributed by atoms with Gasteiger partial charge in [0.2, 0.25) is 0 Å². The standard InChI is InChI=1S/C19H23N3/c1-13-10-11-15-21-18(19(2,3)4)17(22(15)12-13)16(20)14-8-6-5-7-9-14/h5-12,16H,20H2,1-4H3. The van der Waals surface area contributed by atoms with Gasteiger partial charge in [-0.05, 0) is 24.1 Å². The Morgan fingerprint density at radius 3 is 2.36 bits per heavy atom. The average Bonchev–Trinajstić information content (AvgIpc) is 2.86. The van der Waals surface area contributed by atoms with E-state index in [-0.39, 0.29) is 11.5 Å². The lowest BCUT2D eigenvalue weighted by Crippen LogP contribution is -2.21. The SMILES string of the molecule is Cc1ccc2nc(C(C)(C)C)c(C(N)c3ccccc3)n2c1. The Morgan fingerprint density at radius 1 is 1.05 bits per heavy atom. The van der Waals surface area contributed by atoms with Crippen LogP contribution >= 0.6 is 0 Å². The van der Waals surface area contributed by atoms with Gasteiger partial charge in [-0.15, -0.1) is 0 Å². The van der Waals surface area contributed by atoms with Crippen molar-refractivity contribution in [3.63, 3.8) is 0 Å². The molecule has 1 aromatic carbocycles. The summed E-state index contributed by atoms with van der Waals surface area (Å²) in [5.74, 6) is 0. The fourth-order valence-corrected chi connectivity index (χ4v) is 2.84. The lowest BCUT2D eigenvalue weighted by atomic mass is 9.88. The van der Waals surface area contributed by atoms with Crippen LogP contribution in [0.4, 0.5) is 0 Å². The zero-order valence-electron chi connectivity index (χ0n) is 13.7. The first-order chi connectivity index (χ1) is 10.4. The maximum atomic E-state index is 6.61. The summed E-state index contributed by atoms with van der Waals surface area (Å²) in [6, 6.07) is 14.2. The summed E-state index contributed by atoms with van der Waals surface area (Å²) in [4.78, 5) is 4.85. The highest BCUT2D eigenvalue weighted by molar-refractivity contribution is 5.48. The second-order valence-corrected chi connectivity index (χ2v) is 6.92. The van der Waals surface area contributed by atoms with Crippen molar-refractivity contribution in [3.05, 3.63) is 71.2 Å². The number of benzene rings is 1. The molecule has 1 atom stereocenters. The molecule has 0 aliphatic rings. The molecule has 0 aliphatic carbocycles. The molecule has 0 saturated heterocycles. The molecular weight excluding hydrogens is 270 g/mol. The van der Waals surface area contributed by atoms with Crippen LogP contribution in [0.3, 0.4) is 0 Å². The normalized spacial score (nSPS) is 13.5. The molecule has 3 nitrogen and oxygen atoms in total. The van der Waals surface area contributed by atoms with Crippen LogP contribution < -0.4 is 5.73 Å². The van der Waals surface area contributed by atoms with Crippen LogP contribution in [0.25, 0.3) is 5.65 Å². The van der Waals surface area contributed by atoms with Crippen molar-refractivity contribution in [2.45, 2.75) is 39.2 Å². The Kier molecular flexibility index (Phi) is 3.53. The molecule has 0 amide bonds. The molecule has 2 aromatic heterocycles. The predicted octanol–water partition coefficient (Wildman–Crippen LogP) is 3.99. The topological polar surface area (TPSA) is 43.3 Å². The van der Waals surface area contributed by atoms with Gasteiger partial charge < -0.3 is 10.1 Å². The van der Waals surface area contributed by atoms with Gasteiger partial charge in [0.25, 0.3) is 0 Å². The van der Waals surface area contributed by atoms with Gasteiger partial charge in [0, 0.05) is 11.6 Å². The quantitative estimate of drug-likeness (QED) is 0.776.